The molecule has 0 bridgehead atoms. The summed E-state index contributed by atoms with van der Waals surface area (Å²) in [5.41, 5.74) is 1.44. The van der Waals surface area contributed by atoms with Gasteiger partial charge in [0, 0.05) is 19.5 Å². The zero-order valence-electron chi connectivity index (χ0n) is 18.6. The number of ether oxygens (including phenoxy) is 2. The summed E-state index contributed by atoms with van der Waals surface area (Å²) in [6, 6.07) is 15.8. The van der Waals surface area contributed by atoms with Gasteiger partial charge < -0.3 is 19.7 Å². The Kier molecular flexibility index (Phi) is 8.25. The monoisotopic (exact) mass is 438 g/mol. The molecule has 1 atom stereocenters. The van der Waals surface area contributed by atoms with Gasteiger partial charge in [-0.15, -0.1) is 0 Å². The molecule has 0 aromatic heterocycles. The Morgan fingerprint density at radius 3 is 2.56 bits per heavy atom. The molecule has 0 spiro atoms. The van der Waals surface area contributed by atoms with Crippen LogP contribution >= 0.6 is 0 Å². The highest BCUT2D eigenvalue weighted by atomic mass is 16.5. The first-order chi connectivity index (χ1) is 15.5. The summed E-state index contributed by atoms with van der Waals surface area (Å²) in [5, 5.41) is 2.74. The molecule has 1 aliphatic rings. The van der Waals surface area contributed by atoms with Crippen LogP contribution in [0.2, 0.25) is 0 Å². The third-order valence-corrected chi connectivity index (χ3v) is 5.14. The van der Waals surface area contributed by atoms with Crippen molar-refractivity contribution in [2.75, 3.05) is 26.3 Å². The topological polar surface area (TPSA) is 84.9 Å². The van der Waals surface area contributed by atoms with Crippen LogP contribution in [0, 0.1) is 5.92 Å². The fourth-order valence-electron chi connectivity index (χ4n) is 3.49. The van der Waals surface area contributed by atoms with Crippen molar-refractivity contribution in [3.05, 3.63) is 65.7 Å². The number of carbonyl (C=O) groups is 3. The van der Waals surface area contributed by atoms with E-state index in [4.69, 9.17) is 9.47 Å². The molecule has 170 valence electrons. The maximum atomic E-state index is 13.3. The SMILES string of the molecule is CC(C)COc1ccccc1C(=O)N1CCNC(=O)C1CC(=O)OCCc1ccccc1. The van der Waals surface area contributed by atoms with E-state index in [0.717, 1.165) is 5.56 Å². The Bertz CT molecular complexity index is 929. The molecule has 2 amide bonds. The van der Waals surface area contributed by atoms with E-state index < -0.39 is 12.0 Å². The number of benzene rings is 2. The van der Waals surface area contributed by atoms with Gasteiger partial charge in [0.15, 0.2) is 0 Å². The minimum Gasteiger partial charge on any atom is -0.492 e. The maximum Gasteiger partial charge on any atom is 0.308 e. The molecule has 32 heavy (non-hydrogen) atoms. The molecule has 1 fully saturated rings. The van der Waals surface area contributed by atoms with Crippen molar-refractivity contribution in [3.63, 3.8) is 0 Å². The Labute approximate surface area is 188 Å². The molecule has 1 saturated heterocycles. The lowest BCUT2D eigenvalue weighted by molar-refractivity contribution is -0.147. The smallest absolute Gasteiger partial charge is 0.308 e. The van der Waals surface area contributed by atoms with Crippen molar-refractivity contribution in [2.45, 2.75) is 32.7 Å². The highest BCUT2D eigenvalue weighted by Crippen LogP contribution is 2.23. The number of nitrogens with zero attached hydrogens (tertiary/aromatic N) is 1. The van der Waals surface area contributed by atoms with E-state index in [9.17, 15) is 14.4 Å². The van der Waals surface area contributed by atoms with Crippen LogP contribution in [-0.4, -0.2) is 55.0 Å². The Hall–Kier alpha value is -3.35. The van der Waals surface area contributed by atoms with Gasteiger partial charge in [0.1, 0.15) is 11.8 Å². The number of amides is 2. The third-order valence-electron chi connectivity index (χ3n) is 5.14. The van der Waals surface area contributed by atoms with Crippen molar-refractivity contribution < 1.29 is 23.9 Å². The minimum atomic E-state index is -0.918. The molecule has 2 aromatic rings. The van der Waals surface area contributed by atoms with Crippen LogP contribution in [-0.2, 0) is 20.7 Å². The van der Waals surface area contributed by atoms with Gasteiger partial charge in [-0.3, -0.25) is 14.4 Å². The quantitative estimate of drug-likeness (QED) is 0.609. The number of piperazine rings is 1. The van der Waals surface area contributed by atoms with Crippen LogP contribution in [0.15, 0.2) is 54.6 Å². The number of carbonyl (C=O) groups excluding carboxylic acids is 3. The van der Waals surface area contributed by atoms with Gasteiger partial charge >= 0.3 is 5.97 Å². The molecule has 1 unspecified atom stereocenters. The Morgan fingerprint density at radius 2 is 1.81 bits per heavy atom. The molecule has 0 aliphatic carbocycles. The molecular formula is C25H30N2O5. The molecule has 1 aliphatic heterocycles. The second-order valence-electron chi connectivity index (χ2n) is 8.17. The van der Waals surface area contributed by atoms with Gasteiger partial charge in [-0.1, -0.05) is 56.3 Å². The summed E-state index contributed by atoms with van der Waals surface area (Å²) in [6.45, 7) is 5.39. The van der Waals surface area contributed by atoms with Gasteiger partial charge in [0.25, 0.3) is 5.91 Å². The molecule has 1 heterocycles. The van der Waals surface area contributed by atoms with E-state index in [2.05, 4.69) is 5.32 Å². The first-order valence-corrected chi connectivity index (χ1v) is 11.0. The van der Waals surface area contributed by atoms with E-state index in [-0.39, 0.29) is 24.8 Å². The van der Waals surface area contributed by atoms with Gasteiger partial charge in [0.05, 0.1) is 25.2 Å². The summed E-state index contributed by atoms with van der Waals surface area (Å²) in [7, 11) is 0. The van der Waals surface area contributed by atoms with E-state index in [1.54, 1.807) is 24.3 Å². The summed E-state index contributed by atoms with van der Waals surface area (Å²) in [4.78, 5) is 39.7. The molecule has 3 rings (SSSR count). The van der Waals surface area contributed by atoms with E-state index in [1.807, 2.05) is 44.2 Å². The van der Waals surface area contributed by atoms with E-state index in [1.165, 1.54) is 4.90 Å². The highest BCUT2D eigenvalue weighted by molar-refractivity contribution is 6.01. The lowest BCUT2D eigenvalue weighted by Gasteiger charge is -2.35. The first-order valence-electron chi connectivity index (χ1n) is 11.0. The van der Waals surface area contributed by atoms with Crippen molar-refractivity contribution in [1.82, 2.24) is 10.2 Å². The van der Waals surface area contributed by atoms with Gasteiger partial charge in [-0.2, -0.15) is 0 Å². The molecule has 0 radical (unpaired) electrons. The summed E-state index contributed by atoms with van der Waals surface area (Å²) >= 11 is 0. The summed E-state index contributed by atoms with van der Waals surface area (Å²) in [6.07, 6.45) is 0.397. The number of hydrogen-bond donors (Lipinski definition) is 1. The van der Waals surface area contributed by atoms with Crippen molar-refractivity contribution in [2.24, 2.45) is 5.92 Å². The van der Waals surface area contributed by atoms with Crippen LogP contribution in [0.5, 0.6) is 5.75 Å². The minimum absolute atomic E-state index is 0.193. The number of nitrogens with one attached hydrogen (secondary N) is 1. The lowest BCUT2D eigenvalue weighted by atomic mass is 10.1. The average molecular weight is 439 g/mol. The fraction of sp³-hybridized carbons (Fsp3) is 0.400. The predicted molar refractivity (Wildman–Crippen MR) is 120 cm³/mol. The number of hydrogen-bond acceptors (Lipinski definition) is 5. The third kappa shape index (κ3) is 6.33. The highest BCUT2D eigenvalue weighted by Gasteiger charge is 2.36. The normalized spacial score (nSPS) is 15.9. The van der Waals surface area contributed by atoms with Crippen molar-refractivity contribution >= 4 is 17.8 Å². The second kappa shape index (κ2) is 11.3. The number of rotatable bonds is 9. The zero-order valence-corrected chi connectivity index (χ0v) is 18.6. The van der Waals surface area contributed by atoms with Crippen molar-refractivity contribution in [3.8, 4) is 5.75 Å². The van der Waals surface area contributed by atoms with E-state index >= 15 is 0 Å². The van der Waals surface area contributed by atoms with Crippen LogP contribution in [0.1, 0.15) is 36.2 Å². The van der Waals surface area contributed by atoms with Crippen molar-refractivity contribution in [1.29, 1.82) is 0 Å². The van der Waals surface area contributed by atoms with Crippen LogP contribution in [0.3, 0.4) is 0 Å². The number of esters is 1. The molecule has 0 saturated carbocycles. The molecule has 7 nitrogen and oxygen atoms in total. The standard InChI is InChI=1S/C25H30N2O5/c1-18(2)17-32-22-11-7-6-10-20(22)25(30)27-14-13-26-24(29)21(27)16-23(28)31-15-12-19-8-4-3-5-9-19/h3-11,18,21H,12-17H2,1-2H3,(H,26,29). The molecule has 2 aromatic carbocycles. The van der Waals surface area contributed by atoms with Crippen LogP contribution < -0.4 is 10.1 Å². The Morgan fingerprint density at radius 1 is 1.09 bits per heavy atom. The van der Waals surface area contributed by atoms with Gasteiger partial charge in [-0.25, -0.2) is 0 Å². The molecule has 1 N–H and O–H groups in total. The summed E-state index contributed by atoms with van der Waals surface area (Å²) in [5.74, 6) is -0.421. The predicted octanol–water partition coefficient (Wildman–Crippen LogP) is 2.84. The number of para-hydroxylation sites is 1. The fourth-order valence-corrected chi connectivity index (χ4v) is 3.49. The van der Waals surface area contributed by atoms with Gasteiger partial charge in [-0.05, 0) is 23.6 Å². The van der Waals surface area contributed by atoms with Crippen LogP contribution in [0.4, 0.5) is 0 Å². The zero-order chi connectivity index (χ0) is 22.9. The average Bonchev–Trinajstić information content (AvgIpc) is 2.79. The maximum absolute atomic E-state index is 13.3. The second-order valence-corrected chi connectivity index (χ2v) is 8.17. The first kappa shape index (κ1) is 23.3. The molecule has 7 heteroatoms. The lowest BCUT2D eigenvalue weighted by Crippen LogP contribution is -2.57. The van der Waals surface area contributed by atoms with Crippen LogP contribution in [0.25, 0.3) is 0 Å². The Balaban J connectivity index is 1.65. The summed E-state index contributed by atoms with van der Waals surface area (Å²) < 4.78 is 11.1. The molecular weight excluding hydrogens is 408 g/mol. The van der Waals surface area contributed by atoms with Gasteiger partial charge in [0.2, 0.25) is 5.91 Å². The largest absolute Gasteiger partial charge is 0.492 e. The van der Waals surface area contributed by atoms with E-state index in [0.29, 0.717) is 43.3 Å².